The molecular formula is C55H76FN5O19. The number of hydrogen-bond acceptors (Lipinski definition) is 21. The highest BCUT2D eigenvalue weighted by molar-refractivity contribution is 5.89. The number of benzene rings is 2. The molecular weight excluding hydrogens is 1050 g/mol. The molecule has 2 aliphatic carbocycles. The van der Waals surface area contributed by atoms with Crippen LogP contribution in [0.1, 0.15) is 88.0 Å². The highest BCUT2D eigenvalue weighted by Gasteiger charge is 2.54. The molecule has 9 rings (SSSR count). The van der Waals surface area contributed by atoms with Crippen LogP contribution in [0.5, 0.6) is 0 Å². The molecule has 1 aromatic heterocycles. The van der Waals surface area contributed by atoms with Crippen molar-refractivity contribution in [1.82, 2.24) is 25.2 Å². The smallest absolute Gasteiger partial charge is 0.338 e. The van der Waals surface area contributed by atoms with Crippen LogP contribution in [-0.2, 0) is 47.5 Å². The Morgan fingerprint density at radius 2 is 1.49 bits per heavy atom. The Kier molecular flexibility index (Phi) is 20.3. The summed E-state index contributed by atoms with van der Waals surface area (Å²) in [5, 5.41) is 98.9. The van der Waals surface area contributed by atoms with E-state index >= 15 is 0 Å². The largest absolute Gasteiger partial charge is 0.450 e. The van der Waals surface area contributed by atoms with Gasteiger partial charge in [0, 0.05) is 31.1 Å². The van der Waals surface area contributed by atoms with Gasteiger partial charge in [0.2, 0.25) is 5.91 Å². The SMILES string of the molecule is CC1CC(C(=O)NCCO[C@H]2OC(CO)[C@@H](O)C(n3cc(-c4cccc(F)c4)nn3)C2O)C[C@@H](O[C@@H]2OC(CO)[C@H](O)C(O[C@@H](CC3CCCCC3)C(=O)N3CCC3)C2OC(=O)c2ccccc2)C1O[C@@H]1OC(C)[C@@H](O)C(O)C1O. The van der Waals surface area contributed by atoms with Gasteiger partial charge in [0.1, 0.15) is 78.6 Å². The van der Waals surface area contributed by atoms with E-state index in [0.717, 1.165) is 38.5 Å². The molecule has 12 unspecified atom stereocenters. The molecule has 20 atom stereocenters. The number of esters is 1. The number of aliphatic hydroxyl groups excluding tert-OH is 8. The molecule has 25 heteroatoms. The normalized spacial score (nSPS) is 36.4. The molecule has 4 saturated heterocycles. The zero-order valence-corrected chi connectivity index (χ0v) is 44.7. The van der Waals surface area contributed by atoms with Crippen LogP contribution >= 0.6 is 0 Å². The zero-order valence-electron chi connectivity index (χ0n) is 44.7. The average molecular weight is 1130 g/mol. The molecule has 9 N–H and O–H groups in total. The third kappa shape index (κ3) is 13.7. The lowest BCUT2D eigenvalue weighted by molar-refractivity contribution is -0.349. The Labute approximate surface area is 461 Å². The predicted octanol–water partition coefficient (Wildman–Crippen LogP) is 0.101. The van der Waals surface area contributed by atoms with E-state index < -0.39 is 153 Å². The van der Waals surface area contributed by atoms with Crippen molar-refractivity contribution in [2.75, 3.05) is 39.5 Å². The number of nitrogens with zero attached hydrogens (tertiary/aromatic N) is 4. The topological polar surface area (TPSA) is 333 Å². The van der Waals surface area contributed by atoms with Gasteiger partial charge in [-0.1, -0.05) is 74.6 Å². The molecule has 24 nitrogen and oxygen atoms in total. The van der Waals surface area contributed by atoms with Crippen molar-refractivity contribution in [3.8, 4) is 11.3 Å². The van der Waals surface area contributed by atoms with Gasteiger partial charge in [-0.25, -0.2) is 13.9 Å². The second kappa shape index (κ2) is 27.1. The highest BCUT2D eigenvalue weighted by atomic mass is 19.1. The van der Waals surface area contributed by atoms with Crippen LogP contribution in [0.25, 0.3) is 11.3 Å². The highest BCUT2D eigenvalue weighted by Crippen LogP contribution is 2.40. The number of likely N-dealkylation sites (tertiary alicyclic amines) is 1. The van der Waals surface area contributed by atoms with E-state index in [-0.39, 0.29) is 49.1 Å². The third-order valence-corrected chi connectivity index (χ3v) is 16.4. The number of aliphatic hydroxyl groups is 8. The van der Waals surface area contributed by atoms with Crippen LogP contribution < -0.4 is 5.32 Å². The van der Waals surface area contributed by atoms with E-state index in [1.165, 1.54) is 48.1 Å². The van der Waals surface area contributed by atoms with Crippen molar-refractivity contribution in [2.24, 2.45) is 17.8 Å². The summed E-state index contributed by atoms with van der Waals surface area (Å²) in [4.78, 5) is 44.3. The van der Waals surface area contributed by atoms with E-state index in [1.54, 1.807) is 36.1 Å². The van der Waals surface area contributed by atoms with Crippen LogP contribution in [0, 0.1) is 23.6 Å². The van der Waals surface area contributed by atoms with Gasteiger partial charge in [0.25, 0.3) is 5.91 Å². The molecule has 6 fully saturated rings. The van der Waals surface area contributed by atoms with E-state index in [2.05, 4.69) is 15.6 Å². The van der Waals surface area contributed by atoms with Crippen molar-refractivity contribution in [1.29, 1.82) is 0 Å². The van der Waals surface area contributed by atoms with E-state index in [1.807, 2.05) is 0 Å². The van der Waals surface area contributed by atoms with Gasteiger partial charge in [-0.2, -0.15) is 0 Å². The Morgan fingerprint density at radius 1 is 0.762 bits per heavy atom. The second-order valence-corrected chi connectivity index (χ2v) is 22.0. The first-order chi connectivity index (χ1) is 38.5. The minimum atomic E-state index is -1.73. The van der Waals surface area contributed by atoms with Gasteiger partial charge in [-0.3, -0.25) is 9.59 Å². The summed E-state index contributed by atoms with van der Waals surface area (Å²) in [6.45, 7) is 2.50. The van der Waals surface area contributed by atoms with Crippen molar-refractivity contribution in [3.63, 3.8) is 0 Å². The van der Waals surface area contributed by atoms with Crippen LogP contribution in [0.15, 0.2) is 60.8 Å². The molecule has 2 aromatic carbocycles. The number of halogens is 1. The standard InChI is InChI=1S/C55H76FN5O19/c1-28-21-33(50(70)57-17-20-73-53-44(67)40(42(65)38(26-62)77-53)61-25-35(58-59-61)32-15-9-16-34(56)23-32)24-36(47(28)80-54-46(69)45(68)41(64)29(2)74-54)76-55-49(79-52(72)31-13-7-4-8-14-31)48(43(66)39(27-63)78-55)75-37(51(71)60-18-10-19-60)22-30-11-5-3-6-12-30/h4,7-9,13-16,23,25,28-30,33,36-49,53-55,62-69H,3,5-6,10-12,17-22,24,26-27H2,1-2H3,(H,57,70)/t28?,29?,33?,36-,37+,38?,39?,40?,41-,42-,43+,44?,45?,46?,47?,48?,49?,53+,54+,55-/m1/s1. The summed E-state index contributed by atoms with van der Waals surface area (Å²) in [7, 11) is 0. The quantitative estimate of drug-likeness (QED) is 0.0535. The Morgan fingerprint density at radius 3 is 2.19 bits per heavy atom. The summed E-state index contributed by atoms with van der Waals surface area (Å²) < 4.78 is 65.1. The fourth-order valence-corrected chi connectivity index (χ4v) is 11.8. The van der Waals surface area contributed by atoms with Crippen molar-refractivity contribution in [2.45, 2.75) is 182 Å². The molecule has 2 amide bonds. The molecule has 2 saturated carbocycles. The number of nitrogens with one attached hydrogen (secondary N) is 1. The zero-order chi connectivity index (χ0) is 56.8. The van der Waals surface area contributed by atoms with Crippen molar-refractivity contribution < 1.29 is 97.5 Å². The van der Waals surface area contributed by atoms with Gasteiger partial charge in [0.15, 0.2) is 25.0 Å². The Bertz CT molecular complexity index is 2490. The first kappa shape index (κ1) is 59.9. The van der Waals surface area contributed by atoms with Crippen LogP contribution in [0.2, 0.25) is 0 Å². The van der Waals surface area contributed by atoms with E-state index in [0.29, 0.717) is 25.1 Å². The number of carbonyl (C=O) groups is 3. The molecule has 0 spiro atoms. The minimum Gasteiger partial charge on any atom is -0.450 e. The molecule has 0 bridgehead atoms. The summed E-state index contributed by atoms with van der Waals surface area (Å²) in [5.41, 5.74) is 0.774. The average Bonchev–Trinajstić information content (AvgIpc) is 3.95. The lowest BCUT2D eigenvalue weighted by Gasteiger charge is -2.48. The van der Waals surface area contributed by atoms with Gasteiger partial charge < -0.3 is 89.0 Å². The number of carbonyl (C=O) groups excluding carboxylic acids is 3. The van der Waals surface area contributed by atoms with Gasteiger partial charge in [-0.05, 0) is 68.7 Å². The first-order valence-corrected chi connectivity index (χ1v) is 27.9. The summed E-state index contributed by atoms with van der Waals surface area (Å²) in [6, 6.07) is 12.4. The third-order valence-electron chi connectivity index (χ3n) is 16.4. The minimum absolute atomic E-state index is 0.127. The number of aromatic nitrogens is 3. The van der Waals surface area contributed by atoms with E-state index in [9.17, 15) is 59.6 Å². The monoisotopic (exact) mass is 1130 g/mol. The predicted molar refractivity (Wildman–Crippen MR) is 274 cm³/mol. The fourth-order valence-electron chi connectivity index (χ4n) is 11.8. The number of hydrogen-bond donors (Lipinski definition) is 9. The van der Waals surface area contributed by atoms with Crippen LogP contribution in [0.4, 0.5) is 4.39 Å². The number of rotatable bonds is 20. The molecule has 442 valence electrons. The number of amides is 2. The van der Waals surface area contributed by atoms with E-state index in [4.69, 9.17) is 37.9 Å². The number of ether oxygens (including phenoxy) is 8. The summed E-state index contributed by atoms with van der Waals surface area (Å²) >= 11 is 0. The van der Waals surface area contributed by atoms with Gasteiger partial charge >= 0.3 is 5.97 Å². The molecule has 3 aromatic rings. The molecule has 0 radical (unpaired) electrons. The molecule has 4 aliphatic heterocycles. The second-order valence-electron chi connectivity index (χ2n) is 22.0. The Balaban J connectivity index is 0.943. The maximum Gasteiger partial charge on any atom is 0.338 e. The summed E-state index contributed by atoms with van der Waals surface area (Å²) in [6.07, 6.45) is -16.9. The maximum absolute atomic E-state index is 14.3. The molecule has 5 heterocycles. The summed E-state index contributed by atoms with van der Waals surface area (Å²) in [5.74, 6) is -3.43. The van der Waals surface area contributed by atoms with Crippen LogP contribution in [-0.4, -0.2) is 222 Å². The Hall–Kier alpha value is -4.68. The van der Waals surface area contributed by atoms with Crippen LogP contribution in [0.3, 0.4) is 0 Å². The van der Waals surface area contributed by atoms with Gasteiger partial charge in [-0.15, -0.1) is 5.10 Å². The molecule has 6 aliphatic rings. The lowest BCUT2D eigenvalue weighted by atomic mass is 9.77. The molecule has 80 heavy (non-hydrogen) atoms. The van der Waals surface area contributed by atoms with Gasteiger partial charge in [0.05, 0.1) is 49.9 Å². The van der Waals surface area contributed by atoms with Crippen molar-refractivity contribution >= 4 is 17.8 Å². The van der Waals surface area contributed by atoms with Crippen molar-refractivity contribution in [3.05, 3.63) is 72.2 Å². The first-order valence-electron chi connectivity index (χ1n) is 27.9. The fraction of sp³-hybridized carbons (Fsp3) is 0.691. The maximum atomic E-state index is 14.3. The lowest BCUT2D eigenvalue weighted by Crippen LogP contribution is -2.64.